The summed E-state index contributed by atoms with van der Waals surface area (Å²) in [6, 6.07) is 0. The van der Waals surface area contributed by atoms with Crippen molar-refractivity contribution in [1.82, 2.24) is 0 Å². The lowest BCUT2D eigenvalue weighted by atomic mass is 9.44. The molecule has 4 saturated carbocycles. The van der Waals surface area contributed by atoms with E-state index in [0.717, 1.165) is 38.5 Å². The van der Waals surface area contributed by atoms with E-state index in [1.807, 2.05) is 6.92 Å². The number of hydrogen-bond acceptors (Lipinski definition) is 33. The van der Waals surface area contributed by atoms with Gasteiger partial charge in [-0.3, -0.25) is 0 Å². The fourth-order valence-electron chi connectivity index (χ4n) is 18.6. The van der Waals surface area contributed by atoms with Gasteiger partial charge in [0, 0.05) is 19.4 Å². The van der Waals surface area contributed by atoms with Crippen LogP contribution in [0.4, 0.5) is 0 Å². The van der Waals surface area contributed by atoms with Crippen molar-refractivity contribution < 1.29 is 163 Å². The second-order valence-electron chi connectivity index (χ2n) is 29.6. The van der Waals surface area contributed by atoms with Gasteiger partial charge in [-0.1, -0.05) is 27.7 Å². The molecule has 0 spiro atoms. The van der Waals surface area contributed by atoms with Crippen molar-refractivity contribution >= 4 is 0 Å². The molecule has 0 aromatic rings. The van der Waals surface area contributed by atoms with Crippen LogP contribution in [0.25, 0.3) is 0 Å². The first kappa shape index (κ1) is 75.8. The van der Waals surface area contributed by atoms with Gasteiger partial charge in [0.05, 0.1) is 58.5 Å². The van der Waals surface area contributed by atoms with Gasteiger partial charge in [-0.15, -0.1) is 0 Å². The molecule has 96 heavy (non-hydrogen) atoms. The van der Waals surface area contributed by atoms with Gasteiger partial charge in [0.15, 0.2) is 43.5 Å². The molecule has 0 aromatic heterocycles. The first-order valence-corrected chi connectivity index (χ1v) is 34.2. The molecule has 0 radical (unpaired) electrons. The average Bonchev–Trinajstić information content (AvgIpc) is 1.50. The molecule has 19 N–H and O–H groups in total. The van der Waals surface area contributed by atoms with Crippen molar-refractivity contribution in [3.8, 4) is 0 Å². The number of aliphatic hydroxyl groups excluding tert-OH is 19. The van der Waals surface area contributed by atoms with Crippen LogP contribution in [0.2, 0.25) is 0 Å². The van der Waals surface area contributed by atoms with Crippen molar-refractivity contribution in [2.45, 2.75) is 288 Å². The number of rotatable bonds is 22. The van der Waals surface area contributed by atoms with Crippen molar-refractivity contribution in [3.63, 3.8) is 0 Å². The van der Waals surface area contributed by atoms with Crippen LogP contribution in [0.1, 0.15) is 91.9 Å². The molecule has 33 nitrogen and oxygen atoms in total. The number of fused-ring (bicyclic) bond motifs is 7. The van der Waals surface area contributed by atoms with Crippen molar-refractivity contribution in [2.24, 2.45) is 52.3 Å². The summed E-state index contributed by atoms with van der Waals surface area (Å²) in [5.41, 5.74) is -0.0539. The van der Waals surface area contributed by atoms with Gasteiger partial charge in [0.2, 0.25) is 0 Å². The minimum Gasteiger partial charge on any atom is -0.394 e. The molecular formula is C63H106O33. The van der Waals surface area contributed by atoms with E-state index in [0.29, 0.717) is 43.4 Å². The molecule has 7 heterocycles. The summed E-state index contributed by atoms with van der Waals surface area (Å²) < 4.78 is 84.8. The van der Waals surface area contributed by atoms with Crippen molar-refractivity contribution in [2.75, 3.05) is 53.4 Å². The SMILES string of the molecule is CO[C@@]1(CC[C@@H](C)CO[C@@H]2O[C@H](CO)[C@@H](O)[C@H](O)[C@H]2O)O[C@H]2C[C@H]3[C@@H]4CC[C@H]5C[C@@H](O[C@@H]6O[C@H](CO)[C@H](O[C@@H]7O[C@H](CO)[C@@H](O)[C@H](O[C@@H]8OC[C@@H](O)[C@H](O)[C@H]8O)[C@H]7O[C@@H]7O[C@H](CO)[C@@H](O)[C@H](O[C@@H]8O[C@H](CO)[C@@H](O)[C@H](O)[C@H]8O)[C@H]7O)[C@H](O)[C@H]6O)CC[C@]5(C)[C@H]4CC[C@]3(C)[C@H]2[C@@H]1C. The highest BCUT2D eigenvalue weighted by Gasteiger charge is 2.69. The molecular weight excluding hydrogens is 1280 g/mol. The Kier molecular flexibility index (Phi) is 24.3. The fourth-order valence-corrected chi connectivity index (χ4v) is 18.6. The summed E-state index contributed by atoms with van der Waals surface area (Å²) >= 11 is 0. The van der Waals surface area contributed by atoms with Gasteiger partial charge in [-0.25, -0.2) is 0 Å². The Hall–Kier alpha value is -1.32. The topological polar surface area (TPSA) is 514 Å². The first-order valence-electron chi connectivity index (χ1n) is 34.2. The van der Waals surface area contributed by atoms with Gasteiger partial charge >= 0.3 is 0 Å². The molecule has 0 bridgehead atoms. The van der Waals surface area contributed by atoms with Crippen LogP contribution in [0.15, 0.2) is 0 Å². The van der Waals surface area contributed by atoms with E-state index in [4.69, 9.17) is 66.3 Å². The van der Waals surface area contributed by atoms with Gasteiger partial charge in [0.1, 0.15) is 140 Å². The van der Waals surface area contributed by atoms with E-state index in [-0.39, 0.29) is 47.2 Å². The maximum Gasteiger partial charge on any atom is 0.187 e. The largest absolute Gasteiger partial charge is 0.394 e. The van der Waals surface area contributed by atoms with Crippen LogP contribution in [0.3, 0.4) is 0 Å². The zero-order chi connectivity index (χ0) is 69.4. The maximum absolute atomic E-state index is 12.1. The van der Waals surface area contributed by atoms with E-state index >= 15 is 0 Å². The molecule has 41 atom stereocenters. The Morgan fingerprint density at radius 3 is 1.60 bits per heavy atom. The Balaban J connectivity index is 0.738. The van der Waals surface area contributed by atoms with Crippen LogP contribution >= 0.6 is 0 Å². The number of ether oxygens (including phenoxy) is 14. The van der Waals surface area contributed by atoms with Gasteiger partial charge in [0.25, 0.3) is 0 Å². The minimum absolute atomic E-state index is 0.00695. The second-order valence-corrected chi connectivity index (χ2v) is 29.6. The van der Waals surface area contributed by atoms with E-state index in [9.17, 15) is 97.0 Å². The third-order valence-electron chi connectivity index (χ3n) is 24.2. The predicted molar refractivity (Wildman–Crippen MR) is 316 cm³/mol. The van der Waals surface area contributed by atoms with E-state index in [1.165, 1.54) is 0 Å². The van der Waals surface area contributed by atoms with Crippen LogP contribution in [-0.4, -0.2) is 347 Å². The Labute approximate surface area is 555 Å². The summed E-state index contributed by atoms with van der Waals surface area (Å²) in [5, 5.41) is 205. The molecule has 556 valence electrons. The fraction of sp³-hybridized carbons (Fsp3) is 1.00. The lowest BCUT2D eigenvalue weighted by molar-refractivity contribution is -0.409. The Morgan fingerprint density at radius 2 is 0.969 bits per heavy atom. The summed E-state index contributed by atoms with van der Waals surface area (Å²) in [4.78, 5) is 0. The first-order chi connectivity index (χ1) is 45.6. The van der Waals surface area contributed by atoms with Crippen LogP contribution in [0.5, 0.6) is 0 Å². The number of aliphatic hydroxyl groups is 19. The van der Waals surface area contributed by atoms with E-state index in [1.54, 1.807) is 7.11 Å². The molecule has 0 unspecified atom stereocenters. The molecule has 0 amide bonds. The standard InChI is InChI=1S/C63H106O33/c1-23(21-84-55-47(79)43(75)39(71)32(16-64)87-55)8-13-63(83-5)24(2)37-31(96-63)15-29-27-7-6-25-14-26(9-11-61(25,3)28(27)10-12-62(29,37)4)86-57-49(81)45(77)51(36(20-68)91-57)92-60-54(53(42(74)35(19-67)90-60)94-56-46(78)38(70)30(69)22-85-56)95-59-50(82)52(41(73)34(18-66)89-59)93-58-48(80)44(76)40(72)33(17-65)88-58/h23-60,64-82H,6-22H2,1-5H3/t23-,24+,25+,26+,27-,28+,29+,30-,31+,32-,33-,34-,35-,36-,37+,38+,39-,40-,41-,42-,43+,44+,45-,46-,47-,48-,49-,50-,51+,52+,53+,54-,55-,56+,57-,58+,59+,60+,61+,62+,63+/m1/s1. The molecule has 33 heteroatoms. The smallest absolute Gasteiger partial charge is 0.187 e. The molecule has 11 fully saturated rings. The van der Waals surface area contributed by atoms with Crippen molar-refractivity contribution in [3.05, 3.63) is 0 Å². The van der Waals surface area contributed by atoms with Crippen molar-refractivity contribution in [1.29, 1.82) is 0 Å². The summed E-state index contributed by atoms with van der Waals surface area (Å²) in [7, 11) is 1.70. The molecule has 7 aliphatic heterocycles. The molecule has 0 aromatic carbocycles. The van der Waals surface area contributed by atoms with Gasteiger partial charge in [-0.2, -0.15) is 0 Å². The zero-order valence-electron chi connectivity index (χ0n) is 54.7. The zero-order valence-corrected chi connectivity index (χ0v) is 54.7. The third-order valence-corrected chi connectivity index (χ3v) is 24.2. The average molecular weight is 1390 g/mol. The van der Waals surface area contributed by atoms with Gasteiger partial charge in [-0.05, 0) is 104 Å². The quantitative estimate of drug-likeness (QED) is 0.0448. The third kappa shape index (κ3) is 14.0. The number of methoxy groups -OCH3 is 1. The summed E-state index contributed by atoms with van der Waals surface area (Å²) in [5.74, 6) is 0.991. The predicted octanol–water partition coefficient (Wildman–Crippen LogP) is -7.01. The lowest BCUT2D eigenvalue weighted by Gasteiger charge is -2.61. The maximum atomic E-state index is 12.1. The monoisotopic (exact) mass is 1390 g/mol. The van der Waals surface area contributed by atoms with Crippen LogP contribution < -0.4 is 0 Å². The highest BCUT2D eigenvalue weighted by molar-refractivity contribution is 5.16. The highest BCUT2D eigenvalue weighted by atomic mass is 16.8. The molecule has 4 aliphatic carbocycles. The molecule has 7 saturated heterocycles. The normalized spacial score (nSPS) is 54.8. The van der Waals surface area contributed by atoms with Crippen LogP contribution in [0, 0.1) is 52.3 Å². The minimum atomic E-state index is -2.20. The molecule has 11 rings (SSSR count). The Bertz CT molecular complexity index is 2480. The highest BCUT2D eigenvalue weighted by Crippen LogP contribution is 2.71. The van der Waals surface area contributed by atoms with Gasteiger partial charge < -0.3 is 163 Å². The van der Waals surface area contributed by atoms with E-state index < -0.39 is 230 Å². The summed E-state index contributed by atoms with van der Waals surface area (Å²) in [6.07, 6.45) is -43.9. The Morgan fingerprint density at radius 1 is 0.458 bits per heavy atom. The summed E-state index contributed by atoms with van der Waals surface area (Å²) in [6.45, 7) is 4.42. The lowest BCUT2D eigenvalue weighted by Crippen LogP contribution is -2.69. The molecule has 11 aliphatic rings. The van der Waals surface area contributed by atoms with E-state index in [2.05, 4.69) is 20.8 Å². The second kappa shape index (κ2) is 30.8. The number of hydrogen-bond donors (Lipinski definition) is 19. The van der Waals surface area contributed by atoms with Crippen LogP contribution in [-0.2, 0) is 66.3 Å².